The number of carbonyl (C=O) groups is 1. The predicted molar refractivity (Wildman–Crippen MR) is 124 cm³/mol. The van der Waals surface area contributed by atoms with E-state index in [4.69, 9.17) is 11.6 Å². The number of nitrogens with one attached hydrogen (secondary N) is 1. The highest BCUT2D eigenvalue weighted by Crippen LogP contribution is 2.25. The summed E-state index contributed by atoms with van der Waals surface area (Å²) >= 11 is 6.34. The minimum atomic E-state index is 0.289. The number of hydrogen-bond acceptors (Lipinski definition) is 3. The average Bonchev–Trinajstić information content (AvgIpc) is 2.77. The number of para-hydroxylation sites is 1. The van der Waals surface area contributed by atoms with Gasteiger partial charge in [-0.3, -0.25) is 4.79 Å². The Labute approximate surface area is 184 Å². The van der Waals surface area contributed by atoms with Crippen molar-refractivity contribution < 1.29 is 9.69 Å². The van der Waals surface area contributed by atoms with Gasteiger partial charge in [-0.2, -0.15) is 0 Å². The number of piperazine rings is 2. The second-order valence-corrected chi connectivity index (χ2v) is 8.86. The maximum Gasteiger partial charge on any atom is 0.277 e. The van der Waals surface area contributed by atoms with Gasteiger partial charge in [-0.05, 0) is 43.2 Å². The fourth-order valence-electron chi connectivity index (χ4n) is 4.55. The van der Waals surface area contributed by atoms with E-state index in [1.54, 1.807) is 0 Å². The van der Waals surface area contributed by atoms with Crippen LogP contribution in [0.4, 0.5) is 11.4 Å². The van der Waals surface area contributed by atoms with E-state index in [9.17, 15) is 4.79 Å². The summed E-state index contributed by atoms with van der Waals surface area (Å²) in [6, 6.07) is 14.5. The Morgan fingerprint density at radius 3 is 2.20 bits per heavy atom. The number of carbonyl (C=O) groups excluding carboxylic acids is 1. The topological polar surface area (TPSA) is 31.2 Å². The monoisotopic (exact) mass is 427 g/mol. The number of rotatable bonds is 4. The Kier molecular flexibility index (Phi) is 6.49. The van der Waals surface area contributed by atoms with Crippen molar-refractivity contribution >= 4 is 28.9 Å². The van der Waals surface area contributed by atoms with Gasteiger partial charge in [-0.1, -0.05) is 35.9 Å². The number of hydrogen-bond donors (Lipinski definition) is 1. The first-order chi connectivity index (χ1) is 14.5. The molecule has 2 heterocycles. The number of quaternary nitrogens is 1. The van der Waals surface area contributed by atoms with Crippen LogP contribution in [0.1, 0.15) is 11.1 Å². The molecule has 2 saturated heterocycles. The first-order valence-corrected chi connectivity index (χ1v) is 11.3. The molecule has 1 amide bonds. The van der Waals surface area contributed by atoms with Gasteiger partial charge in [-0.25, -0.2) is 0 Å². The van der Waals surface area contributed by atoms with E-state index >= 15 is 0 Å². The van der Waals surface area contributed by atoms with Crippen LogP contribution in [0.5, 0.6) is 0 Å². The van der Waals surface area contributed by atoms with Crippen molar-refractivity contribution in [1.82, 2.24) is 4.90 Å². The summed E-state index contributed by atoms with van der Waals surface area (Å²) in [5.41, 5.74) is 5.08. The molecule has 2 aliphatic rings. The van der Waals surface area contributed by atoms with Gasteiger partial charge in [-0.15, -0.1) is 0 Å². The maximum absolute atomic E-state index is 12.9. The molecule has 2 aliphatic heterocycles. The fourth-order valence-corrected chi connectivity index (χ4v) is 4.80. The molecule has 0 spiro atoms. The third-order valence-electron chi connectivity index (χ3n) is 6.61. The first-order valence-electron chi connectivity index (χ1n) is 10.9. The number of halogens is 1. The van der Waals surface area contributed by atoms with Crippen LogP contribution in [-0.2, 0) is 4.79 Å². The molecular weight excluding hydrogens is 396 g/mol. The summed E-state index contributed by atoms with van der Waals surface area (Å²) in [5, 5.41) is 0.804. The van der Waals surface area contributed by atoms with Crippen LogP contribution >= 0.6 is 11.6 Å². The van der Waals surface area contributed by atoms with E-state index in [1.165, 1.54) is 21.7 Å². The largest absolute Gasteiger partial charge is 0.368 e. The molecule has 2 fully saturated rings. The minimum Gasteiger partial charge on any atom is -0.368 e. The summed E-state index contributed by atoms with van der Waals surface area (Å²) in [4.78, 5) is 21.1. The van der Waals surface area contributed by atoms with Crippen LogP contribution in [0.25, 0.3) is 0 Å². The first kappa shape index (κ1) is 21.0. The van der Waals surface area contributed by atoms with Crippen LogP contribution in [-0.4, -0.2) is 69.7 Å². The lowest BCUT2D eigenvalue weighted by molar-refractivity contribution is -0.892. The molecule has 4 rings (SSSR count). The molecule has 5 nitrogen and oxygen atoms in total. The molecule has 30 heavy (non-hydrogen) atoms. The van der Waals surface area contributed by atoms with Gasteiger partial charge in [0.05, 0.1) is 36.9 Å². The maximum atomic E-state index is 12.9. The smallest absolute Gasteiger partial charge is 0.277 e. The van der Waals surface area contributed by atoms with Crippen molar-refractivity contribution in [3.63, 3.8) is 0 Å². The van der Waals surface area contributed by atoms with Crippen molar-refractivity contribution in [2.75, 3.05) is 68.7 Å². The average molecular weight is 428 g/mol. The summed E-state index contributed by atoms with van der Waals surface area (Å²) in [6.45, 7) is 12.2. The Bertz CT molecular complexity index is 887. The molecule has 0 aliphatic carbocycles. The molecule has 0 radical (unpaired) electrons. The molecule has 1 N–H and O–H groups in total. The quantitative estimate of drug-likeness (QED) is 0.809. The Morgan fingerprint density at radius 1 is 0.867 bits per heavy atom. The molecule has 0 atom stereocenters. The normalized spacial score (nSPS) is 18.0. The summed E-state index contributed by atoms with van der Waals surface area (Å²) < 4.78 is 0. The van der Waals surface area contributed by atoms with E-state index in [-0.39, 0.29) is 5.91 Å². The van der Waals surface area contributed by atoms with E-state index in [0.29, 0.717) is 6.54 Å². The van der Waals surface area contributed by atoms with Gasteiger partial charge in [0.2, 0.25) is 0 Å². The zero-order chi connectivity index (χ0) is 21.1. The Balaban J connectivity index is 1.26. The minimum absolute atomic E-state index is 0.289. The van der Waals surface area contributed by atoms with Gasteiger partial charge < -0.3 is 19.6 Å². The number of benzene rings is 2. The molecule has 0 bridgehead atoms. The molecule has 0 saturated carbocycles. The molecule has 6 heteroatoms. The van der Waals surface area contributed by atoms with E-state index in [1.807, 2.05) is 18.2 Å². The lowest BCUT2D eigenvalue weighted by atomic mass is 10.1. The van der Waals surface area contributed by atoms with Gasteiger partial charge in [0, 0.05) is 31.9 Å². The van der Waals surface area contributed by atoms with Crippen molar-refractivity contribution in [3.8, 4) is 0 Å². The molecule has 0 unspecified atom stereocenters. The standard InChI is InChI=1S/C24H31ClN4O/c1-19-6-5-9-22(20(19)2)27-14-16-29(17-15-27)24(30)18-26-10-12-28(13-11-26)23-8-4-3-7-21(23)25/h3-9H,10-18H2,1-2H3/p+1. The zero-order valence-electron chi connectivity index (χ0n) is 18.0. The summed E-state index contributed by atoms with van der Waals surface area (Å²) in [6.07, 6.45) is 0. The molecule has 0 aromatic heterocycles. The highest BCUT2D eigenvalue weighted by atomic mass is 35.5. The van der Waals surface area contributed by atoms with Gasteiger partial charge >= 0.3 is 0 Å². The van der Waals surface area contributed by atoms with Crippen LogP contribution in [0.15, 0.2) is 42.5 Å². The van der Waals surface area contributed by atoms with Gasteiger partial charge in [0.15, 0.2) is 6.54 Å². The number of anilines is 2. The van der Waals surface area contributed by atoms with Crippen LogP contribution < -0.4 is 14.7 Å². The van der Waals surface area contributed by atoms with E-state index in [0.717, 1.165) is 63.1 Å². The lowest BCUT2D eigenvalue weighted by Crippen LogP contribution is -3.16. The lowest BCUT2D eigenvalue weighted by Gasteiger charge is -2.38. The second-order valence-electron chi connectivity index (χ2n) is 8.45. The predicted octanol–water partition coefficient (Wildman–Crippen LogP) is 2.01. The van der Waals surface area contributed by atoms with Gasteiger partial charge in [0.25, 0.3) is 5.91 Å². The van der Waals surface area contributed by atoms with Crippen LogP contribution in [0, 0.1) is 13.8 Å². The van der Waals surface area contributed by atoms with Crippen molar-refractivity contribution in [1.29, 1.82) is 0 Å². The van der Waals surface area contributed by atoms with Crippen LogP contribution in [0.3, 0.4) is 0 Å². The highest BCUT2D eigenvalue weighted by Gasteiger charge is 2.28. The van der Waals surface area contributed by atoms with Crippen molar-refractivity contribution in [2.24, 2.45) is 0 Å². The van der Waals surface area contributed by atoms with Gasteiger partial charge in [0.1, 0.15) is 0 Å². The Hall–Kier alpha value is -2.24. The highest BCUT2D eigenvalue weighted by molar-refractivity contribution is 6.33. The van der Waals surface area contributed by atoms with Crippen molar-refractivity contribution in [3.05, 3.63) is 58.6 Å². The van der Waals surface area contributed by atoms with E-state index < -0.39 is 0 Å². The Morgan fingerprint density at radius 2 is 1.50 bits per heavy atom. The molecule has 2 aromatic rings. The SMILES string of the molecule is Cc1cccc(N2CCN(C(=O)C[NH+]3CCN(c4ccccc4Cl)CC3)CC2)c1C. The van der Waals surface area contributed by atoms with E-state index in [2.05, 4.69) is 52.8 Å². The molecule has 160 valence electrons. The number of aryl methyl sites for hydroxylation is 1. The third kappa shape index (κ3) is 4.57. The summed E-state index contributed by atoms with van der Waals surface area (Å²) in [5.74, 6) is 0.289. The fraction of sp³-hybridized carbons (Fsp3) is 0.458. The summed E-state index contributed by atoms with van der Waals surface area (Å²) in [7, 11) is 0. The van der Waals surface area contributed by atoms with Crippen molar-refractivity contribution in [2.45, 2.75) is 13.8 Å². The number of nitrogens with zero attached hydrogens (tertiary/aromatic N) is 3. The second kappa shape index (κ2) is 9.27. The van der Waals surface area contributed by atoms with Crippen LogP contribution in [0.2, 0.25) is 5.02 Å². The zero-order valence-corrected chi connectivity index (χ0v) is 18.8. The third-order valence-corrected chi connectivity index (χ3v) is 6.93. The molecular formula is C24H32ClN4O+. The number of amides is 1. The molecule has 2 aromatic carbocycles.